The summed E-state index contributed by atoms with van der Waals surface area (Å²) >= 11 is 3.28. The minimum atomic E-state index is -0.251. The third-order valence-electron chi connectivity index (χ3n) is 2.00. The van der Waals surface area contributed by atoms with Gasteiger partial charge in [-0.2, -0.15) is 5.10 Å². The molecule has 0 bridgehead atoms. The van der Waals surface area contributed by atoms with Gasteiger partial charge in [0.15, 0.2) is 0 Å². The van der Waals surface area contributed by atoms with E-state index in [9.17, 15) is 4.79 Å². The van der Waals surface area contributed by atoms with Crippen LogP contribution in [0.2, 0.25) is 0 Å². The zero-order valence-corrected chi connectivity index (χ0v) is 9.78. The molecule has 0 spiro atoms. The van der Waals surface area contributed by atoms with E-state index in [1.807, 2.05) is 0 Å². The molecule has 2 rings (SSSR count). The van der Waals surface area contributed by atoms with E-state index < -0.39 is 0 Å². The van der Waals surface area contributed by atoms with E-state index >= 15 is 0 Å². The van der Waals surface area contributed by atoms with Crippen LogP contribution in [0.25, 0.3) is 0 Å². The topological polar surface area (TPSA) is 83.8 Å². The van der Waals surface area contributed by atoms with E-state index in [-0.39, 0.29) is 5.91 Å². The second-order valence-corrected chi connectivity index (χ2v) is 4.02. The van der Waals surface area contributed by atoms with Crippen LogP contribution in [0.3, 0.4) is 0 Å². The number of rotatable bonds is 2. The molecule has 4 N–H and O–H groups in total. The van der Waals surface area contributed by atoms with Gasteiger partial charge in [-0.3, -0.25) is 9.89 Å². The molecule has 0 saturated heterocycles. The van der Waals surface area contributed by atoms with E-state index in [0.717, 1.165) is 4.47 Å². The molecule has 2 aromatic rings. The molecule has 6 heteroatoms. The second-order valence-electron chi connectivity index (χ2n) is 3.16. The largest absolute Gasteiger partial charge is 0.398 e. The molecular formula is C10H9BrN4O. The lowest BCUT2D eigenvalue weighted by atomic mass is 10.2. The number of aromatic nitrogens is 2. The number of nitrogens with two attached hydrogens (primary N) is 1. The summed E-state index contributed by atoms with van der Waals surface area (Å²) in [6.45, 7) is 0. The summed E-state index contributed by atoms with van der Waals surface area (Å²) in [6.07, 6.45) is 1.52. The number of nitrogens with one attached hydrogen (secondary N) is 2. The highest BCUT2D eigenvalue weighted by Crippen LogP contribution is 2.23. The van der Waals surface area contributed by atoms with Crippen LogP contribution < -0.4 is 11.1 Å². The van der Waals surface area contributed by atoms with Crippen LogP contribution in [0, 0.1) is 0 Å². The Balaban J connectivity index is 2.15. The van der Waals surface area contributed by atoms with Crippen molar-refractivity contribution in [3.8, 4) is 0 Å². The van der Waals surface area contributed by atoms with Gasteiger partial charge in [0.1, 0.15) is 5.69 Å². The van der Waals surface area contributed by atoms with Crippen LogP contribution in [-0.4, -0.2) is 16.1 Å². The molecule has 0 aliphatic carbocycles. The first-order valence-electron chi connectivity index (χ1n) is 4.52. The van der Waals surface area contributed by atoms with E-state index in [0.29, 0.717) is 17.1 Å². The van der Waals surface area contributed by atoms with Crippen molar-refractivity contribution in [1.29, 1.82) is 0 Å². The third kappa shape index (κ3) is 2.22. The lowest BCUT2D eigenvalue weighted by Gasteiger charge is -2.05. The highest BCUT2D eigenvalue weighted by Gasteiger charge is 2.07. The number of nitrogens with zero attached hydrogens (tertiary/aromatic N) is 1. The molecule has 0 aliphatic heterocycles. The molecule has 0 saturated carbocycles. The second kappa shape index (κ2) is 4.36. The van der Waals surface area contributed by atoms with Gasteiger partial charge in [0.25, 0.3) is 5.91 Å². The quantitative estimate of drug-likeness (QED) is 0.736. The van der Waals surface area contributed by atoms with Crippen LogP contribution in [-0.2, 0) is 0 Å². The van der Waals surface area contributed by atoms with Crippen molar-refractivity contribution in [3.63, 3.8) is 0 Å². The fourth-order valence-corrected chi connectivity index (χ4v) is 1.45. The van der Waals surface area contributed by atoms with Gasteiger partial charge < -0.3 is 11.1 Å². The summed E-state index contributed by atoms with van der Waals surface area (Å²) in [4.78, 5) is 11.6. The highest BCUT2D eigenvalue weighted by atomic mass is 79.9. The van der Waals surface area contributed by atoms with Crippen LogP contribution in [0.1, 0.15) is 10.5 Å². The molecule has 1 heterocycles. The number of aromatic amines is 1. The molecule has 0 aliphatic rings. The van der Waals surface area contributed by atoms with E-state index in [4.69, 9.17) is 5.73 Å². The van der Waals surface area contributed by atoms with Gasteiger partial charge in [-0.15, -0.1) is 0 Å². The molecule has 0 atom stereocenters. The molecule has 5 nitrogen and oxygen atoms in total. The fourth-order valence-electron chi connectivity index (χ4n) is 1.20. The van der Waals surface area contributed by atoms with Crippen molar-refractivity contribution in [2.24, 2.45) is 0 Å². The number of hydrogen-bond donors (Lipinski definition) is 3. The van der Waals surface area contributed by atoms with Crippen molar-refractivity contribution in [3.05, 3.63) is 40.6 Å². The predicted molar refractivity (Wildman–Crippen MR) is 65.1 cm³/mol. The number of anilines is 2. The third-order valence-corrected chi connectivity index (χ3v) is 2.72. The Labute approximate surface area is 100 Å². The first-order chi connectivity index (χ1) is 7.66. The van der Waals surface area contributed by atoms with Gasteiger partial charge in [0.2, 0.25) is 0 Å². The number of carbonyl (C=O) groups is 1. The Kier molecular flexibility index (Phi) is 2.91. The number of halogens is 1. The summed E-state index contributed by atoms with van der Waals surface area (Å²) < 4.78 is 0.798. The molecule has 16 heavy (non-hydrogen) atoms. The summed E-state index contributed by atoms with van der Waals surface area (Å²) in [6, 6.07) is 6.81. The van der Waals surface area contributed by atoms with Crippen molar-refractivity contribution in [2.75, 3.05) is 11.1 Å². The maximum Gasteiger partial charge on any atom is 0.273 e. The predicted octanol–water partition coefficient (Wildman–Crippen LogP) is 2.01. The smallest absolute Gasteiger partial charge is 0.273 e. The van der Waals surface area contributed by atoms with Crippen LogP contribution >= 0.6 is 15.9 Å². The highest BCUT2D eigenvalue weighted by molar-refractivity contribution is 9.10. The van der Waals surface area contributed by atoms with Crippen molar-refractivity contribution < 1.29 is 4.79 Å². The normalized spacial score (nSPS) is 10.1. The Morgan fingerprint density at radius 1 is 1.44 bits per heavy atom. The molecule has 0 fully saturated rings. The maximum atomic E-state index is 11.6. The van der Waals surface area contributed by atoms with Gasteiger partial charge in [0.05, 0.1) is 0 Å². The lowest BCUT2D eigenvalue weighted by molar-refractivity contribution is 0.102. The van der Waals surface area contributed by atoms with E-state index in [1.54, 1.807) is 24.3 Å². The maximum absolute atomic E-state index is 11.6. The monoisotopic (exact) mass is 280 g/mol. The van der Waals surface area contributed by atoms with Crippen molar-refractivity contribution >= 4 is 33.2 Å². The summed E-state index contributed by atoms with van der Waals surface area (Å²) in [7, 11) is 0. The van der Waals surface area contributed by atoms with Gasteiger partial charge in [-0.05, 0) is 40.2 Å². The van der Waals surface area contributed by atoms with Crippen molar-refractivity contribution in [1.82, 2.24) is 10.2 Å². The summed E-state index contributed by atoms with van der Waals surface area (Å²) in [5.41, 5.74) is 7.31. The number of nitrogen functional groups attached to an aromatic ring is 1. The zero-order chi connectivity index (χ0) is 11.5. The average Bonchev–Trinajstić information content (AvgIpc) is 2.77. The number of hydrogen-bond acceptors (Lipinski definition) is 3. The van der Waals surface area contributed by atoms with E-state index in [2.05, 4.69) is 31.4 Å². The molecule has 1 amide bonds. The van der Waals surface area contributed by atoms with Crippen LogP contribution in [0.4, 0.5) is 11.4 Å². The number of benzene rings is 1. The summed E-state index contributed by atoms with van der Waals surface area (Å²) in [5.74, 6) is -0.251. The van der Waals surface area contributed by atoms with Gasteiger partial charge in [0, 0.05) is 22.0 Å². The number of carbonyl (C=O) groups excluding carboxylic acids is 1. The minimum Gasteiger partial charge on any atom is -0.398 e. The average molecular weight is 281 g/mol. The van der Waals surface area contributed by atoms with Crippen LogP contribution in [0.5, 0.6) is 0 Å². The molecular weight excluding hydrogens is 272 g/mol. The number of amides is 1. The van der Waals surface area contributed by atoms with Crippen LogP contribution in [0.15, 0.2) is 34.9 Å². The molecule has 0 radical (unpaired) electrons. The van der Waals surface area contributed by atoms with Gasteiger partial charge in [-0.25, -0.2) is 0 Å². The molecule has 0 unspecified atom stereocenters. The fraction of sp³-hybridized carbons (Fsp3) is 0. The van der Waals surface area contributed by atoms with E-state index in [1.165, 1.54) is 6.20 Å². The minimum absolute atomic E-state index is 0.251. The standard InChI is InChI=1S/C10H9BrN4O/c11-7-2-1-6(5-8(7)12)14-10(16)9-3-4-13-15-9/h1-5H,12H2,(H,13,15)(H,14,16). The Hall–Kier alpha value is -1.82. The lowest BCUT2D eigenvalue weighted by Crippen LogP contribution is -2.12. The first kappa shape index (κ1) is 10.7. The van der Waals surface area contributed by atoms with Gasteiger partial charge in [-0.1, -0.05) is 0 Å². The Bertz CT molecular complexity index is 510. The first-order valence-corrected chi connectivity index (χ1v) is 5.32. The molecule has 82 valence electrons. The van der Waals surface area contributed by atoms with Crippen molar-refractivity contribution in [2.45, 2.75) is 0 Å². The molecule has 1 aromatic heterocycles. The number of H-pyrrole nitrogens is 1. The Morgan fingerprint density at radius 3 is 2.88 bits per heavy atom. The SMILES string of the molecule is Nc1cc(NC(=O)c2ccn[nH]2)ccc1Br. The summed E-state index contributed by atoms with van der Waals surface area (Å²) in [5, 5.41) is 8.98. The zero-order valence-electron chi connectivity index (χ0n) is 8.20. The molecule has 1 aromatic carbocycles. The Morgan fingerprint density at radius 2 is 2.25 bits per heavy atom. The van der Waals surface area contributed by atoms with Gasteiger partial charge >= 0.3 is 0 Å².